The first kappa shape index (κ1) is 15.9. The number of nitrogens with one attached hydrogen (secondary N) is 1. The van der Waals surface area contributed by atoms with E-state index < -0.39 is 0 Å². The third-order valence-electron chi connectivity index (χ3n) is 4.65. The van der Waals surface area contributed by atoms with Crippen LogP contribution in [0.5, 0.6) is 0 Å². The molecule has 1 N–H and O–H groups in total. The van der Waals surface area contributed by atoms with Crippen LogP contribution in [0.15, 0.2) is 0 Å². The summed E-state index contributed by atoms with van der Waals surface area (Å²) in [4.78, 5) is 2.44. The van der Waals surface area contributed by atoms with Gasteiger partial charge in [-0.15, -0.1) is 0 Å². The van der Waals surface area contributed by atoms with Gasteiger partial charge in [-0.3, -0.25) is 0 Å². The first-order valence-corrected chi connectivity index (χ1v) is 7.46. The topological polar surface area (TPSA) is 24.5 Å². The van der Waals surface area contributed by atoms with Crippen molar-refractivity contribution < 1.29 is 4.74 Å². The van der Waals surface area contributed by atoms with Crippen LogP contribution in [0, 0.1) is 5.92 Å². The van der Waals surface area contributed by atoms with Crippen molar-refractivity contribution in [2.75, 3.05) is 34.4 Å². The van der Waals surface area contributed by atoms with Crippen LogP contribution in [0.3, 0.4) is 0 Å². The van der Waals surface area contributed by atoms with E-state index in [-0.39, 0.29) is 5.54 Å². The second-order valence-electron chi connectivity index (χ2n) is 6.14. The maximum absolute atomic E-state index is 5.47. The molecular formula is C15H32N2O. The quantitative estimate of drug-likeness (QED) is 0.757. The molecule has 0 saturated heterocycles. The van der Waals surface area contributed by atoms with Crippen molar-refractivity contribution in [3.8, 4) is 0 Å². The van der Waals surface area contributed by atoms with E-state index in [1.165, 1.54) is 32.1 Å². The van der Waals surface area contributed by atoms with Gasteiger partial charge in [0.2, 0.25) is 0 Å². The molecule has 0 aliphatic heterocycles. The van der Waals surface area contributed by atoms with E-state index in [0.717, 1.165) is 19.1 Å². The molecule has 1 aliphatic rings. The zero-order chi connectivity index (χ0) is 13.6. The summed E-state index contributed by atoms with van der Waals surface area (Å²) in [6.45, 7) is 6.50. The van der Waals surface area contributed by atoms with E-state index in [0.29, 0.717) is 6.04 Å². The normalized spacial score (nSPS) is 30.7. The fraction of sp³-hybridized carbons (Fsp3) is 1.00. The number of ether oxygens (including phenoxy) is 1. The Labute approximate surface area is 113 Å². The molecule has 0 aromatic heterocycles. The lowest BCUT2D eigenvalue weighted by atomic mass is 9.72. The average Bonchev–Trinajstić information content (AvgIpc) is 2.35. The lowest BCUT2D eigenvalue weighted by Crippen LogP contribution is -2.62. The molecule has 0 heterocycles. The number of rotatable bonds is 7. The Balaban J connectivity index is 2.78. The number of methoxy groups -OCH3 is 1. The highest BCUT2D eigenvalue weighted by atomic mass is 16.5. The molecule has 1 fully saturated rings. The Kier molecular flexibility index (Phi) is 6.61. The summed E-state index contributed by atoms with van der Waals surface area (Å²) in [5, 5.41) is 3.71. The predicted octanol–water partition coefficient (Wildman–Crippen LogP) is 2.51. The number of hydrogen-bond acceptors (Lipinski definition) is 3. The van der Waals surface area contributed by atoms with Crippen LogP contribution in [0.1, 0.15) is 46.0 Å². The third kappa shape index (κ3) is 3.69. The van der Waals surface area contributed by atoms with E-state index in [9.17, 15) is 0 Å². The number of likely N-dealkylation sites (N-methyl/N-ethyl adjacent to an activating group) is 1. The van der Waals surface area contributed by atoms with Crippen molar-refractivity contribution in [1.82, 2.24) is 10.2 Å². The number of hydrogen-bond donors (Lipinski definition) is 1. The Bertz CT molecular complexity index is 223. The molecule has 108 valence electrons. The van der Waals surface area contributed by atoms with Crippen LogP contribution in [0.2, 0.25) is 0 Å². The minimum atomic E-state index is 0.275. The molecule has 3 heteroatoms. The summed E-state index contributed by atoms with van der Waals surface area (Å²) >= 11 is 0. The van der Waals surface area contributed by atoms with Gasteiger partial charge in [0.25, 0.3) is 0 Å². The Hall–Kier alpha value is -0.120. The summed E-state index contributed by atoms with van der Waals surface area (Å²) in [6.07, 6.45) is 6.43. The highest BCUT2D eigenvalue weighted by Gasteiger charge is 2.42. The van der Waals surface area contributed by atoms with Crippen molar-refractivity contribution in [2.45, 2.75) is 57.5 Å². The molecule has 18 heavy (non-hydrogen) atoms. The highest BCUT2D eigenvalue weighted by Crippen LogP contribution is 2.37. The molecule has 0 aromatic carbocycles. The van der Waals surface area contributed by atoms with E-state index in [2.05, 4.69) is 38.2 Å². The van der Waals surface area contributed by atoms with Gasteiger partial charge in [-0.25, -0.2) is 0 Å². The summed E-state index contributed by atoms with van der Waals surface area (Å²) < 4.78 is 5.47. The fourth-order valence-electron chi connectivity index (χ4n) is 3.26. The zero-order valence-corrected chi connectivity index (χ0v) is 13.0. The minimum Gasteiger partial charge on any atom is -0.383 e. The van der Waals surface area contributed by atoms with Crippen LogP contribution in [-0.2, 0) is 4.74 Å². The molecule has 1 saturated carbocycles. The van der Waals surface area contributed by atoms with Gasteiger partial charge in [-0.05, 0) is 58.7 Å². The smallest absolute Gasteiger partial charge is 0.0633 e. The maximum Gasteiger partial charge on any atom is 0.0633 e. The van der Waals surface area contributed by atoms with Crippen LogP contribution in [-0.4, -0.2) is 50.8 Å². The van der Waals surface area contributed by atoms with Gasteiger partial charge in [0.15, 0.2) is 0 Å². The second kappa shape index (κ2) is 7.46. The molecular weight excluding hydrogens is 224 g/mol. The van der Waals surface area contributed by atoms with Gasteiger partial charge in [-0.2, -0.15) is 0 Å². The second-order valence-corrected chi connectivity index (χ2v) is 6.14. The zero-order valence-electron chi connectivity index (χ0n) is 13.0. The minimum absolute atomic E-state index is 0.275. The molecule has 1 unspecified atom stereocenters. The van der Waals surface area contributed by atoms with Gasteiger partial charge in [0.1, 0.15) is 0 Å². The first-order chi connectivity index (χ1) is 8.56. The summed E-state index contributed by atoms with van der Waals surface area (Å²) in [6, 6.07) is 0.449. The van der Waals surface area contributed by atoms with Gasteiger partial charge >= 0.3 is 0 Å². The van der Waals surface area contributed by atoms with Gasteiger partial charge in [0.05, 0.1) is 6.61 Å². The van der Waals surface area contributed by atoms with Crippen molar-refractivity contribution in [3.05, 3.63) is 0 Å². The lowest BCUT2D eigenvalue weighted by Gasteiger charge is -2.49. The molecule has 0 radical (unpaired) electrons. The van der Waals surface area contributed by atoms with Gasteiger partial charge < -0.3 is 15.0 Å². The van der Waals surface area contributed by atoms with Crippen molar-refractivity contribution in [2.24, 2.45) is 5.92 Å². The Morgan fingerprint density at radius 1 is 1.33 bits per heavy atom. The Morgan fingerprint density at radius 2 is 1.94 bits per heavy atom. The number of nitrogens with zero attached hydrogens (tertiary/aromatic N) is 1. The molecule has 0 aromatic rings. The highest BCUT2D eigenvalue weighted by molar-refractivity contribution is 5.01. The fourth-order valence-corrected chi connectivity index (χ4v) is 3.26. The first-order valence-electron chi connectivity index (χ1n) is 7.46. The molecule has 0 spiro atoms. The maximum atomic E-state index is 5.47. The van der Waals surface area contributed by atoms with Crippen molar-refractivity contribution in [3.63, 3.8) is 0 Å². The summed E-state index contributed by atoms with van der Waals surface area (Å²) in [7, 11) is 6.27. The molecule has 0 amide bonds. The van der Waals surface area contributed by atoms with Crippen LogP contribution < -0.4 is 5.32 Å². The van der Waals surface area contributed by atoms with E-state index in [1.807, 2.05) is 7.11 Å². The third-order valence-corrected chi connectivity index (χ3v) is 4.65. The molecule has 1 atom stereocenters. The van der Waals surface area contributed by atoms with Crippen molar-refractivity contribution >= 4 is 0 Å². The van der Waals surface area contributed by atoms with Gasteiger partial charge in [0, 0.05) is 18.7 Å². The molecule has 1 aliphatic carbocycles. The average molecular weight is 256 g/mol. The monoisotopic (exact) mass is 256 g/mol. The predicted molar refractivity (Wildman–Crippen MR) is 78.0 cm³/mol. The largest absolute Gasteiger partial charge is 0.383 e. The van der Waals surface area contributed by atoms with E-state index in [4.69, 9.17) is 4.74 Å². The molecule has 0 bridgehead atoms. The molecule has 1 rings (SSSR count). The van der Waals surface area contributed by atoms with E-state index in [1.54, 1.807) is 0 Å². The van der Waals surface area contributed by atoms with Crippen molar-refractivity contribution in [1.29, 1.82) is 0 Å². The van der Waals surface area contributed by atoms with Gasteiger partial charge in [-0.1, -0.05) is 13.8 Å². The SMILES string of the molecule is CCCNC(COC)C1(N(C)C)CCC(C)CC1. The summed E-state index contributed by atoms with van der Waals surface area (Å²) in [5.41, 5.74) is 0.275. The van der Waals surface area contributed by atoms with Crippen LogP contribution in [0.4, 0.5) is 0 Å². The Morgan fingerprint density at radius 3 is 2.39 bits per heavy atom. The van der Waals surface area contributed by atoms with Crippen LogP contribution >= 0.6 is 0 Å². The van der Waals surface area contributed by atoms with Crippen LogP contribution in [0.25, 0.3) is 0 Å². The lowest BCUT2D eigenvalue weighted by molar-refractivity contribution is 0.0111. The molecule has 3 nitrogen and oxygen atoms in total. The summed E-state index contributed by atoms with van der Waals surface area (Å²) in [5.74, 6) is 0.882. The standard InChI is InChI=1S/C15H32N2O/c1-6-11-16-14(12-18-5)15(17(3)4)9-7-13(2)8-10-15/h13-14,16H,6-12H2,1-5H3. The van der Waals surface area contributed by atoms with E-state index >= 15 is 0 Å².